The summed E-state index contributed by atoms with van der Waals surface area (Å²) in [6.45, 7) is 6.11. The molecule has 0 unspecified atom stereocenters. The number of anilines is 1. The Morgan fingerprint density at radius 2 is 1.95 bits per heavy atom. The third-order valence-corrected chi connectivity index (χ3v) is 2.62. The summed E-state index contributed by atoms with van der Waals surface area (Å²) >= 11 is 0. The van der Waals surface area contributed by atoms with E-state index >= 15 is 0 Å². The van der Waals surface area contributed by atoms with E-state index in [1.807, 2.05) is 18.7 Å². The highest BCUT2D eigenvalue weighted by atomic mass is 16.6. The zero-order valence-corrected chi connectivity index (χ0v) is 11.3. The molecule has 0 spiro atoms. The Morgan fingerprint density at radius 1 is 1.37 bits per heavy atom. The Kier molecular flexibility index (Phi) is 5.29. The molecule has 0 saturated carbocycles. The number of nitro groups is 1. The van der Waals surface area contributed by atoms with E-state index in [9.17, 15) is 14.9 Å². The Balaban J connectivity index is 2.87. The van der Waals surface area contributed by atoms with Crippen LogP contribution in [0.4, 0.5) is 11.4 Å². The minimum atomic E-state index is -0.450. The average Bonchev–Trinajstić information content (AvgIpc) is 2.36. The van der Waals surface area contributed by atoms with Crippen LogP contribution in [0, 0.1) is 10.1 Å². The Morgan fingerprint density at radius 3 is 2.37 bits per heavy atom. The molecule has 6 heteroatoms. The lowest BCUT2D eigenvalue weighted by Crippen LogP contribution is -2.36. The van der Waals surface area contributed by atoms with Crippen LogP contribution in [0.1, 0.15) is 20.8 Å². The van der Waals surface area contributed by atoms with Crippen LogP contribution in [-0.4, -0.2) is 30.1 Å². The highest BCUT2D eigenvalue weighted by Gasteiger charge is 2.16. The van der Waals surface area contributed by atoms with Crippen molar-refractivity contribution in [1.82, 2.24) is 0 Å². The molecule has 0 N–H and O–H groups in total. The third-order valence-electron chi connectivity index (χ3n) is 2.62. The van der Waals surface area contributed by atoms with E-state index < -0.39 is 4.92 Å². The van der Waals surface area contributed by atoms with E-state index in [0.717, 1.165) is 5.69 Å². The minimum absolute atomic E-state index is 0.0311. The van der Waals surface area contributed by atoms with Crippen molar-refractivity contribution in [2.75, 3.05) is 18.1 Å². The number of carbonyl (C=O) groups is 1. The molecule has 1 aromatic carbocycles. The van der Waals surface area contributed by atoms with Crippen molar-refractivity contribution in [2.45, 2.75) is 26.8 Å². The number of esters is 1. The first kappa shape index (κ1) is 14.9. The number of hydrogen-bond acceptors (Lipinski definition) is 5. The first-order valence-corrected chi connectivity index (χ1v) is 6.12. The van der Waals surface area contributed by atoms with E-state index in [-0.39, 0.29) is 24.2 Å². The molecule has 0 aliphatic rings. The van der Waals surface area contributed by atoms with Crippen molar-refractivity contribution in [2.24, 2.45) is 0 Å². The fourth-order valence-corrected chi connectivity index (χ4v) is 1.68. The number of non-ortho nitro benzene ring substituents is 1. The van der Waals surface area contributed by atoms with Crippen LogP contribution in [0.15, 0.2) is 24.3 Å². The van der Waals surface area contributed by atoms with Crippen molar-refractivity contribution in [1.29, 1.82) is 0 Å². The van der Waals surface area contributed by atoms with Crippen molar-refractivity contribution >= 4 is 17.3 Å². The number of nitrogens with zero attached hydrogens (tertiary/aromatic N) is 2. The standard InChI is InChI=1S/C13H18N2O4/c1-4-19-13(16)9-14(10(2)3)11-5-7-12(8-6-11)15(17)18/h5-8,10H,4,9H2,1-3H3. The van der Waals surface area contributed by atoms with Gasteiger partial charge in [-0.2, -0.15) is 0 Å². The van der Waals surface area contributed by atoms with Gasteiger partial charge in [0.15, 0.2) is 0 Å². The van der Waals surface area contributed by atoms with Crippen LogP contribution in [0.25, 0.3) is 0 Å². The van der Waals surface area contributed by atoms with Crippen LogP contribution >= 0.6 is 0 Å². The Hall–Kier alpha value is -2.11. The summed E-state index contributed by atoms with van der Waals surface area (Å²) in [5, 5.41) is 10.6. The summed E-state index contributed by atoms with van der Waals surface area (Å²) in [7, 11) is 0. The van der Waals surface area contributed by atoms with Crippen LogP contribution in [0.3, 0.4) is 0 Å². The number of hydrogen-bond donors (Lipinski definition) is 0. The first-order valence-electron chi connectivity index (χ1n) is 6.12. The molecule has 0 bridgehead atoms. The van der Waals surface area contributed by atoms with Gasteiger partial charge in [-0.1, -0.05) is 0 Å². The van der Waals surface area contributed by atoms with Crippen LogP contribution in [0.5, 0.6) is 0 Å². The molecule has 6 nitrogen and oxygen atoms in total. The Bertz CT molecular complexity index is 442. The molecule has 19 heavy (non-hydrogen) atoms. The van der Waals surface area contributed by atoms with E-state index in [2.05, 4.69) is 0 Å². The molecule has 1 rings (SSSR count). The van der Waals surface area contributed by atoms with Crippen LogP contribution in [-0.2, 0) is 9.53 Å². The van der Waals surface area contributed by atoms with E-state index in [0.29, 0.717) is 6.61 Å². The van der Waals surface area contributed by atoms with Gasteiger partial charge in [0.05, 0.1) is 11.5 Å². The molecular weight excluding hydrogens is 248 g/mol. The lowest BCUT2D eigenvalue weighted by molar-refractivity contribution is -0.384. The zero-order valence-electron chi connectivity index (χ0n) is 11.3. The SMILES string of the molecule is CCOC(=O)CN(c1ccc([N+](=O)[O-])cc1)C(C)C. The predicted molar refractivity (Wildman–Crippen MR) is 72.2 cm³/mol. The topological polar surface area (TPSA) is 72.7 Å². The van der Waals surface area contributed by atoms with Crippen LogP contribution in [0.2, 0.25) is 0 Å². The normalized spacial score (nSPS) is 10.3. The maximum Gasteiger partial charge on any atom is 0.325 e. The van der Waals surface area contributed by atoms with Crippen LogP contribution < -0.4 is 4.90 Å². The fraction of sp³-hybridized carbons (Fsp3) is 0.462. The second-order valence-electron chi connectivity index (χ2n) is 4.30. The number of nitro benzene ring substituents is 1. The molecule has 0 saturated heterocycles. The number of rotatable bonds is 6. The molecule has 0 aliphatic carbocycles. The predicted octanol–water partition coefficient (Wildman–Crippen LogP) is 2.37. The quantitative estimate of drug-likeness (QED) is 0.449. The highest BCUT2D eigenvalue weighted by Crippen LogP contribution is 2.21. The van der Waals surface area contributed by atoms with Crippen molar-refractivity contribution in [3.63, 3.8) is 0 Å². The summed E-state index contributed by atoms with van der Waals surface area (Å²) in [5.41, 5.74) is 0.789. The van der Waals surface area contributed by atoms with Gasteiger partial charge < -0.3 is 9.64 Å². The van der Waals surface area contributed by atoms with Gasteiger partial charge in [0.1, 0.15) is 6.54 Å². The molecule has 0 heterocycles. The summed E-state index contributed by atoms with van der Waals surface area (Å²) in [5.74, 6) is -0.311. The molecule has 1 aromatic rings. The van der Waals surface area contributed by atoms with Crippen molar-refractivity contribution < 1.29 is 14.5 Å². The van der Waals surface area contributed by atoms with Gasteiger partial charge in [-0.15, -0.1) is 0 Å². The second-order valence-corrected chi connectivity index (χ2v) is 4.30. The fourth-order valence-electron chi connectivity index (χ4n) is 1.68. The molecule has 0 atom stereocenters. The monoisotopic (exact) mass is 266 g/mol. The molecule has 0 aliphatic heterocycles. The summed E-state index contributed by atoms with van der Waals surface area (Å²) in [6.07, 6.45) is 0. The number of ether oxygens (including phenoxy) is 1. The smallest absolute Gasteiger partial charge is 0.325 e. The maximum absolute atomic E-state index is 11.5. The zero-order chi connectivity index (χ0) is 14.4. The minimum Gasteiger partial charge on any atom is -0.465 e. The van der Waals surface area contributed by atoms with Gasteiger partial charge in [0, 0.05) is 23.9 Å². The molecular formula is C13H18N2O4. The Labute approximate surface area is 112 Å². The molecule has 0 fully saturated rings. The maximum atomic E-state index is 11.5. The number of carbonyl (C=O) groups excluding carboxylic acids is 1. The molecule has 104 valence electrons. The summed E-state index contributed by atoms with van der Waals surface area (Å²) in [4.78, 5) is 23.5. The highest BCUT2D eigenvalue weighted by molar-refractivity contribution is 5.76. The summed E-state index contributed by atoms with van der Waals surface area (Å²) in [6, 6.07) is 6.21. The summed E-state index contributed by atoms with van der Waals surface area (Å²) < 4.78 is 4.92. The largest absolute Gasteiger partial charge is 0.465 e. The van der Waals surface area contributed by atoms with E-state index in [1.54, 1.807) is 19.1 Å². The first-order chi connectivity index (χ1) is 8.95. The number of benzene rings is 1. The molecule has 0 radical (unpaired) electrons. The third kappa shape index (κ3) is 4.24. The lowest BCUT2D eigenvalue weighted by Gasteiger charge is -2.27. The average molecular weight is 266 g/mol. The second kappa shape index (κ2) is 6.72. The molecule has 0 amide bonds. The molecule has 0 aromatic heterocycles. The van der Waals surface area contributed by atoms with E-state index in [1.165, 1.54) is 12.1 Å². The lowest BCUT2D eigenvalue weighted by atomic mass is 10.2. The van der Waals surface area contributed by atoms with Crippen molar-refractivity contribution in [3.05, 3.63) is 34.4 Å². The van der Waals surface area contributed by atoms with Gasteiger partial charge in [0.25, 0.3) is 5.69 Å². The van der Waals surface area contributed by atoms with Crippen molar-refractivity contribution in [3.8, 4) is 0 Å². The van der Waals surface area contributed by atoms with Gasteiger partial charge in [-0.05, 0) is 32.9 Å². The van der Waals surface area contributed by atoms with Gasteiger partial charge in [0.2, 0.25) is 0 Å². The van der Waals surface area contributed by atoms with Gasteiger partial charge in [-0.25, -0.2) is 0 Å². The van der Waals surface area contributed by atoms with Gasteiger partial charge >= 0.3 is 5.97 Å². The van der Waals surface area contributed by atoms with Gasteiger partial charge in [-0.3, -0.25) is 14.9 Å². The van der Waals surface area contributed by atoms with E-state index in [4.69, 9.17) is 4.74 Å².